The van der Waals surface area contributed by atoms with E-state index in [1.54, 1.807) is 24.3 Å². The van der Waals surface area contributed by atoms with Crippen LogP contribution in [0.5, 0.6) is 0 Å². The van der Waals surface area contributed by atoms with E-state index in [0.29, 0.717) is 17.7 Å². The summed E-state index contributed by atoms with van der Waals surface area (Å²) in [7, 11) is 0. The molecular formula is C11H14N2O2. The lowest BCUT2D eigenvalue weighted by atomic mass is 10.1. The van der Waals surface area contributed by atoms with E-state index in [1.807, 2.05) is 6.92 Å². The minimum atomic E-state index is -0.428. The molecule has 0 fully saturated rings. The molecule has 0 atom stereocenters. The van der Waals surface area contributed by atoms with Gasteiger partial charge >= 0.3 is 5.97 Å². The number of amidine groups is 1. The second-order valence-electron chi connectivity index (χ2n) is 3.10. The number of nitrogen functional groups attached to an aromatic ring is 1. The molecule has 1 aromatic carbocycles. The number of esters is 1. The van der Waals surface area contributed by atoms with E-state index in [1.165, 1.54) is 0 Å². The average Bonchev–Trinajstić information content (AvgIpc) is 2.25. The first-order valence-corrected chi connectivity index (χ1v) is 4.77. The van der Waals surface area contributed by atoms with E-state index < -0.39 is 5.97 Å². The Bertz CT molecular complexity index is 375. The van der Waals surface area contributed by atoms with E-state index in [0.717, 1.165) is 6.42 Å². The van der Waals surface area contributed by atoms with Crippen LogP contribution < -0.4 is 5.73 Å². The van der Waals surface area contributed by atoms with Gasteiger partial charge in [-0.2, -0.15) is 0 Å². The molecule has 4 heteroatoms. The van der Waals surface area contributed by atoms with Gasteiger partial charge in [0.15, 0.2) is 0 Å². The van der Waals surface area contributed by atoms with Crippen molar-refractivity contribution in [1.29, 1.82) is 5.41 Å². The van der Waals surface area contributed by atoms with E-state index in [9.17, 15) is 4.79 Å². The molecule has 0 aliphatic heterocycles. The van der Waals surface area contributed by atoms with Crippen molar-refractivity contribution in [2.24, 2.45) is 5.73 Å². The predicted molar refractivity (Wildman–Crippen MR) is 58.0 cm³/mol. The molecule has 4 nitrogen and oxygen atoms in total. The number of nitrogens with two attached hydrogens (primary N) is 1. The van der Waals surface area contributed by atoms with Crippen LogP contribution in [0.1, 0.15) is 29.3 Å². The standard InChI is InChI=1S/C11H14N2O2/c1-2-7-15-11(14)9-6-4-3-5-8(9)10(12)13/h3-6H,2,7H2,1H3,(H3,12,13). The zero-order valence-corrected chi connectivity index (χ0v) is 8.62. The van der Waals surface area contributed by atoms with E-state index in [4.69, 9.17) is 15.9 Å². The lowest BCUT2D eigenvalue weighted by molar-refractivity contribution is 0.0505. The molecule has 0 bridgehead atoms. The van der Waals surface area contributed by atoms with E-state index >= 15 is 0 Å². The van der Waals surface area contributed by atoms with Crippen LogP contribution in [-0.4, -0.2) is 18.4 Å². The van der Waals surface area contributed by atoms with Crippen molar-refractivity contribution in [2.45, 2.75) is 13.3 Å². The third-order valence-corrected chi connectivity index (χ3v) is 1.87. The fraction of sp³-hybridized carbons (Fsp3) is 0.273. The zero-order chi connectivity index (χ0) is 11.3. The molecule has 0 heterocycles. The molecule has 0 saturated carbocycles. The summed E-state index contributed by atoms with van der Waals surface area (Å²) in [5.74, 6) is -0.554. The smallest absolute Gasteiger partial charge is 0.338 e. The van der Waals surface area contributed by atoms with Gasteiger partial charge in [-0.3, -0.25) is 5.41 Å². The molecular weight excluding hydrogens is 192 g/mol. The fourth-order valence-corrected chi connectivity index (χ4v) is 1.17. The van der Waals surface area contributed by atoms with Crippen molar-refractivity contribution >= 4 is 11.8 Å². The first-order chi connectivity index (χ1) is 7.16. The number of hydrogen-bond donors (Lipinski definition) is 2. The van der Waals surface area contributed by atoms with Gasteiger partial charge in [-0.1, -0.05) is 25.1 Å². The topological polar surface area (TPSA) is 76.2 Å². The summed E-state index contributed by atoms with van der Waals surface area (Å²) in [5, 5.41) is 7.32. The number of carbonyl (C=O) groups excluding carboxylic acids is 1. The molecule has 0 unspecified atom stereocenters. The Labute approximate surface area is 88.6 Å². The van der Waals surface area contributed by atoms with Crippen LogP contribution in [0.3, 0.4) is 0 Å². The quantitative estimate of drug-likeness (QED) is 0.445. The van der Waals surface area contributed by atoms with Crippen molar-refractivity contribution in [3.05, 3.63) is 35.4 Å². The molecule has 0 radical (unpaired) electrons. The lowest BCUT2D eigenvalue weighted by Crippen LogP contribution is -2.17. The second-order valence-corrected chi connectivity index (χ2v) is 3.10. The minimum absolute atomic E-state index is 0.126. The van der Waals surface area contributed by atoms with Gasteiger partial charge in [-0.05, 0) is 12.5 Å². The average molecular weight is 206 g/mol. The summed E-state index contributed by atoms with van der Waals surface area (Å²) >= 11 is 0. The summed E-state index contributed by atoms with van der Waals surface area (Å²) < 4.78 is 4.98. The molecule has 0 amide bonds. The second kappa shape index (κ2) is 5.14. The van der Waals surface area contributed by atoms with Crippen LogP contribution in [0.4, 0.5) is 0 Å². The number of nitrogens with one attached hydrogen (secondary N) is 1. The molecule has 0 aliphatic carbocycles. The highest BCUT2D eigenvalue weighted by Crippen LogP contribution is 2.09. The van der Waals surface area contributed by atoms with Crippen molar-refractivity contribution in [3.63, 3.8) is 0 Å². The van der Waals surface area contributed by atoms with Crippen LogP contribution in [0, 0.1) is 5.41 Å². The molecule has 0 saturated heterocycles. The molecule has 1 aromatic rings. The third kappa shape index (κ3) is 2.80. The minimum Gasteiger partial charge on any atom is -0.462 e. The summed E-state index contributed by atoms with van der Waals surface area (Å²) in [6, 6.07) is 6.68. The zero-order valence-electron chi connectivity index (χ0n) is 8.62. The maximum atomic E-state index is 11.6. The van der Waals surface area contributed by atoms with Crippen LogP contribution in [-0.2, 0) is 4.74 Å². The summed E-state index contributed by atoms with van der Waals surface area (Å²) in [4.78, 5) is 11.6. The van der Waals surface area contributed by atoms with Gasteiger partial charge in [0.2, 0.25) is 0 Å². The van der Waals surface area contributed by atoms with Gasteiger partial charge in [0.1, 0.15) is 5.84 Å². The first kappa shape index (κ1) is 11.2. The van der Waals surface area contributed by atoms with Gasteiger partial charge in [-0.15, -0.1) is 0 Å². The van der Waals surface area contributed by atoms with Crippen molar-refractivity contribution in [3.8, 4) is 0 Å². The Morgan fingerprint density at radius 1 is 1.40 bits per heavy atom. The normalized spacial score (nSPS) is 9.67. The molecule has 0 aromatic heterocycles. The maximum Gasteiger partial charge on any atom is 0.338 e. The SMILES string of the molecule is CCCOC(=O)c1ccccc1C(=N)N. The third-order valence-electron chi connectivity index (χ3n) is 1.87. The van der Waals surface area contributed by atoms with E-state index in [-0.39, 0.29) is 5.84 Å². The molecule has 15 heavy (non-hydrogen) atoms. The van der Waals surface area contributed by atoms with Gasteiger partial charge in [0.25, 0.3) is 0 Å². The number of benzene rings is 1. The molecule has 80 valence electrons. The molecule has 3 N–H and O–H groups in total. The maximum absolute atomic E-state index is 11.6. The monoisotopic (exact) mass is 206 g/mol. The largest absolute Gasteiger partial charge is 0.462 e. The van der Waals surface area contributed by atoms with Crippen LogP contribution in [0.25, 0.3) is 0 Å². The van der Waals surface area contributed by atoms with Gasteiger partial charge in [0.05, 0.1) is 12.2 Å². The Morgan fingerprint density at radius 2 is 2.00 bits per heavy atom. The Kier molecular flexibility index (Phi) is 3.85. The number of ether oxygens (including phenoxy) is 1. The number of carbonyl (C=O) groups is 1. The highest BCUT2D eigenvalue weighted by Gasteiger charge is 2.13. The van der Waals surface area contributed by atoms with Crippen molar-refractivity contribution < 1.29 is 9.53 Å². The highest BCUT2D eigenvalue weighted by atomic mass is 16.5. The lowest BCUT2D eigenvalue weighted by Gasteiger charge is -2.07. The van der Waals surface area contributed by atoms with Gasteiger partial charge < -0.3 is 10.5 Å². The number of hydrogen-bond acceptors (Lipinski definition) is 3. The highest BCUT2D eigenvalue weighted by molar-refractivity contribution is 6.05. The summed E-state index contributed by atoms with van der Waals surface area (Å²) in [6.07, 6.45) is 0.772. The summed E-state index contributed by atoms with van der Waals surface area (Å²) in [5.41, 5.74) is 6.12. The first-order valence-electron chi connectivity index (χ1n) is 4.77. The van der Waals surface area contributed by atoms with Gasteiger partial charge in [-0.25, -0.2) is 4.79 Å². The Hall–Kier alpha value is -1.84. The van der Waals surface area contributed by atoms with Crippen LogP contribution >= 0.6 is 0 Å². The predicted octanol–water partition coefficient (Wildman–Crippen LogP) is 1.54. The van der Waals surface area contributed by atoms with Crippen molar-refractivity contribution in [2.75, 3.05) is 6.61 Å². The number of rotatable bonds is 4. The van der Waals surface area contributed by atoms with Crippen LogP contribution in [0.2, 0.25) is 0 Å². The van der Waals surface area contributed by atoms with Gasteiger partial charge in [0, 0.05) is 5.56 Å². The van der Waals surface area contributed by atoms with Crippen molar-refractivity contribution in [1.82, 2.24) is 0 Å². The van der Waals surface area contributed by atoms with Crippen LogP contribution in [0.15, 0.2) is 24.3 Å². The van der Waals surface area contributed by atoms with E-state index in [2.05, 4.69) is 0 Å². The molecule has 1 rings (SSSR count). The summed E-state index contributed by atoms with van der Waals surface area (Å²) in [6.45, 7) is 2.30. The fourth-order valence-electron chi connectivity index (χ4n) is 1.17. The molecule has 0 aliphatic rings. The molecule has 0 spiro atoms. The Morgan fingerprint density at radius 3 is 2.53 bits per heavy atom. The Balaban J connectivity index is 2.92.